The molecule has 46 heavy (non-hydrogen) atoms. The van der Waals surface area contributed by atoms with Crippen LogP contribution in [0.15, 0.2) is 36.5 Å². The summed E-state index contributed by atoms with van der Waals surface area (Å²) in [6.07, 6.45) is 37.5. The number of amides is 1. The van der Waals surface area contributed by atoms with Gasteiger partial charge in [0.1, 0.15) is 0 Å². The van der Waals surface area contributed by atoms with Crippen LogP contribution < -0.4 is 11.1 Å². The fraction of sp³-hybridized carbons (Fsp3) is 0.811. The van der Waals surface area contributed by atoms with E-state index in [4.69, 9.17) is 14.8 Å². The van der Waals surface area contributed by atoms with Crippen molar-refractivity contribution in [3.8, 4) is 0 Å². The van der Waals surface area contributed by atoms with Gasteiger partial charge < -0.3 is 21.1 Å². The van der Waals surface area contributed by atoms with Crippen LogP contribution in [0.4, 0.5) is 0 Å². The Morgan fingerprint density at radius 3 is 1.78 bits per heavy atom. The smallest absolute Gasteiger partial charge is 0.387 e. The molecule has 8 nitrogen and oxygen atoms in total. The van der Waals surface area contributed by atoms with Crippen molar-refractivity contribution in [2.75, 3.05) is 19.8 Å². The molecule has 0 aromatic rings. The molecule has 0 aliphatic carbocycles. The zero-order valence-corrected chi connectivity index (χ0v) is 30.4. The minimum absolute atomic E-state index is 0.0754. The number of carbonyl (C=O) groups is 1. The van der Waals surface area contributed by atoms with E-state index in [-0.39, 0.29) is 25.7 Å². The lowest BCUT2D eigenvalue weighted by Gasteiger charge is -2.23. The van der Waals surface area contributed by atoms with Crippen LogP contribution in [0.5, 0.6) is 0 Å². The number of allylic oxidation sites excluding steroid dienone is 5. The summed E-state index contributed by atoms with van der Waals surface area (Å²) in [5.74, 6) is -0.211. The van der Waals surface area contributed by atoms with Crippen LogP contribution in [-0.2, 0) is 18.4 Å². The summed E-state index contributed by atoms with van der Waals surface area (Å²) < 4.78 is 22.0. The summed E-state index contributed by atoms with van der Waals surface area (Å²) in [4.78, 5) is 22.6. The molecule has 3 unspecified atom stereocenters. The van der Waals surface area contributed by atoms with E-state index in [0.717, 1.165) is 64.2 Å². The van der Waals surface area contributed by atoms with E-state index in [1.807, 2.05) is 6.08 Å². The molecule has 0 radical (unpaired) electrons. The van der Waals surface area contributed by atoms with E-state index in [9.17, 15) is 19.4 Å². The molecule has 0 aromatic carbocycles. The lowest BCUT2D eigenvalue weighted by Crippen LogP contribution is -2.45. The van der Waals surface area contributed by atoms with Gasteiger partial charge in [0, 0.05) is 13.0 Å². The van der Waals surface area contributed by atoms with Crippen LogP contribution >= 0.6 is 7.82 Å². The summed E-state index contributed by atoms with van der Waals surface area (Å²) in [6, 6.07) is -0.865. The third-order valence-electron chi connectivity index (χ3n) is 7.96. The molecule has 0 aliphatic heterocycles. The predicted molar refractivity (Wildman–Crippen MR) is 194 cm³/mol. The Labute approximate surface area is 282 Å². The van der Waals surface area contributed by atoms with Crippen LogP contribution in [0.3, 0.4) is 0 Å². The molecule has 9 heteroatoms. The highest BCUT2D eigenvalue weighted by Gasteiger charge is 2.26. The number of nitrogens with one attached hydrogen (secondary N) is 1. The number of carbonyl (C=O) groups excluding carboxylic acids is 1. The summed E-state index contributed by atoms with van der Waals surface area (Å²) >= 11 is 0. The van der Waals surface area contributed by atoms with Gasteiger partial charge in [0.15, 0.2) is 0 Å². The van der Waals surface area contributed by atoms with Crippen LogP contribution in [0, 0.1) is 0 Å². The van der Waals surface area contributed by atoms with Gasteiger partial charge in [0.25, 0.3) is 0 Å². The molecule has 0 aromatic heterocycles. The van der Waals surface area contributed by atoms with Crippen molar-refractivity contribution >= 4 is 13.7 Å². The lowest BCUT2D eigenvalue weighted by atomic mass is 10.0. The molecule has 0 rings (SSSR count). The van der Waals surface area contributed by atoms with Gasteiger partial charge in [-0.05, 0) is 44.9 Å². The van der Waals surface area contributed by atoms with Gasteiger partial charge in [-0.2, -0.15) is 0 Å². The van der Waals surface area contributed by atoms with Crippen LogP contribution in [0.25, 0.3) is 0 Å². The molecule has 0 heterocycles. The van der Waals surface area contributed by atoms with Crippen molar-refractivity contribution in [2.24, 2.45) is 5.73 Å². The molecule has 1 amide bonds. The maximum Gasteiger partial charge on any atom is 0.472 e. The molecule has 5 N–H and O–H groups in total. The number of rotatable bonds is 34. The molecule has 0 aliphatic rings. The van der Waals surface area contributed by atoms with E-state index in [0.29, 0.717) is 6.42 Å². The Kier molecular flexibility index (Phi) is 32.7. The zero-order chi connectivity index (χ0) is 34.0. The molecule has 0 bridgehead atoms. The maximum atomic E-state index is 12.7. The Bertz CT molecular complexity index is 820. The second kappa shape index (κ2) is 33.6. The van der Waals surface area contributed by atoms with Crippen LogP contribution in [0.2, 0.25) is 0 Å². The Balaban J connectivity index is 4.37. The van der Waals surface area contributed by atoms with Gasteiger partial charge >= 0.3 is 7.82 Å². The highest BCUT2D eigenvalue weighted by atomic mass is 31.2. The SMILES string of the molecule is CCCC/C=C\C/C=C\CCCCCCCC(=O)NC(COP(=O)(O)OCCN)C(O)/C=C/CCCCCCCCCCCCC. The van der Waals surface area contributed by atoms with E-state index >= 15 is 0 Å². The number of nitrogens with two attached hydrogens (primary N) is 1. The second-order valence-corrected chi connectivity index (χ2v) is 13.9. The summed E-state index contributed by atoms with van der Waals surface area (Å²) in [5.41, 5.74) is 5.35. The normalized spacial score (nSPS) is 14.8. The molecule has 0 spiro atoms. The minimum atomic E-state index is -4.33. The van der Waals surface area contributed by atoms with Gasteiger partial charge in [-0.25, -0.2) is 4.57 Å². The highest BCUT2D eigenvalue weighted by molar-refractivity contribution is 7.47. The van der Waals surface area contributed by atoms with Gasteiger partial charge in [-0.3, -0.25) is 13.8 Å². The number of aliphatic hydroxyl groups excluding tert-OH is 1. The third kappa shape index (κ3) is 31.3. The topological polar surface area (TPSA) is 131 Å². The van der Waals surface area contributed by atoms with Gasteiger partial charge in [0.05, 0.1) is 25.4 Å². The highest BCUT2D eigenvalue weighted by Crippen LogP contribution is 2.43. The van der Waals surface area contributed by atoms with Crippen molar-refractivity contribution in [1.82, 2.24) is 5.32 Å². The number of phosphoric acid groups is 1. The van der Waals surface area contributed by atoms with E-state index in [1.54, 1.807) is 6.08 Å². The second-order valence-electron chi connectivity index (χ2n) is 12.4. The summed E-state index contributed by atoms with van der Waals surface area (Å²) in [6.45, 7) is 4.06. The Morgan fingerprint density at radius 2 is 1.22 bits per heavy atom. The molecular formula is C37H71N2O6P. The monoisotopic (exact) mass is 671 g/mol. The van der Waals surface area contributed by atoms with Gasteiger partial charge in [0.2, 0.25) is 5.91 Å². The van der Waals surface area contributed by atoms with Crippen LogP contribution in [0.1, 0.15) is 162 Å². The molecule has 270 valence electrons. The number of unbranched alkanes of at least 4 members (excludes halogenated alkanes) is 18. The average Bonchev–Trinajstić information content (AvgIpc) is 3.04. The molecule has 0 saturated carbocycles. The van der Waals surface area contributed by atoms with E-state index < -0.39 is 20.0 Å². The first-order valence-corrected chi connectivity index (χ1v) is 20.1. The van der Waals surface area contributed by atoms with Crippen molar-refractivity contribution in [3.63, 3.8) is 0 Å². The first-order chi connectivity index (χ1) is 22.4. The molecular weight excluding hydrogens is 599 g/mol. The fourth-order valence-electron chi connectivity index (χ4n) is 5.09. The number of hydrogen-bond donors (Lipinski definition) is 4. The summed E-state index contributed by atoms with van der Waals surface area (Å²) in [5, 5.41) is 13.6. The van der Waals surface area contributed by atoms with Crippen molar-refractivity contribution in [1.29, 1.82) is 0 Å². The van der Waals surface area contributed by atoms with Gasteiger partial charge in [-0.1, -0.05) is 147 Å². The zero-order valence-electron chi connectivity index (χ0n) is 29.6. The standard InChI is InChI=1S/C37H71N2O6P/c1-3-5-7-9-11-13-15-17-19-21-23-25-27-29-31-37(41)39-35(34-45-46(42,43)44-33-32-38)36(40)30-28-26-24-22-20-18-16-14-12-10-8-6-4-2/h9,11,15,17,28,30,35-36,40H,3-8,10,12-14,16,18-27,29,31-34,38H2,1-2H3,(H,39,41)(H,42,43)/b11-9-,17-15-,30-28+. The quantitative estimate of drug-likeness (QED) is 0.0305. The fourth-order valence-corrected chi connectivity index (χ4v) is 5.85. The number of aliphatic hydroxyl groups is 1. The largest absolute Gasteiger partial charge is 0.472 e. The Hall–Kier alpha value is -1.28. The maximum absolute atomic E-state index is 12.7. The van der Waals surface area contributed by atoms with Crippen LogP contribution in [-0.4, -0.2) is 47.8 Å². The Morgan fingerprint density at radius 1 is 0.717 bits per heavy atom. The van der Waals surface area contributed by atoms with Gasteiger partial charge in [-0.15, -0.1) is 0 Å². The predicted octanol–water partition coefficient (Wildman–Crippen LogP) is 9.61. The minimum Gasteiger partial charge on any atom is -0.387 e. The average molecular weight is 671 g/mol. The lowest BCUT2D eigenvalue weighted by molar-refractivity contribution is -0.123. The summed E-state index contributed by atoms with van der Waals surface area (Å²) in [7, 11) is -4.33. The first-order valence-electron chi connectivity index (χ1n) is 18.6. The number of phosphoric ester groups is 1. The molecule has 0 fully saturated rings. The van der Waals surface area contributed by atoms with Crippen molar-refractivity contribution < 1.29 is 28.4 Å². The first kappa shape index (κ1) is 44.7. The van der Waals surface area contributed by atoms with E-state index in [1.165, 1.54) is 77.0 Å². The van der Waals surface area contributed by atoms with Crippen molar-refractivity contribution in [2.45, 2.75) is 174 Å². The number of hydrogen-bond acceptors (Lipinski definition) is 6. The molecule has 0 saturated heterocycles. The van der Waals surface area contributed by atoms with E-state index in [2.05, 4.69) is 43.5 Å². The van der Waals surface area contributed by atoms with Crippen molar-refractivity contribution in [3.05, 3.63) is 36.5 Å². The third-order valence-corrected chi connectivity index (χ3v) is 8.94. The molecule has 3 atom stereocenters.